The van der Waals surface area contributed by atoms with Gasteiger partial charge in [-0.05, 0) is 38.7 Å². The van der Waals surface area contributed by atoms with E-state index >= 15 is 0 Å². The molecule has 0 spiro atoms. The first kappa shape index (κ1) is 18.0. The fraction of sp³-hybridized carbons (Fsp3) is 0.538. The number of benzene rings is 1. The zero-order valence-corrected chi connectivity index (χ0v) is 12.9. The van der Waals surface area contributed by atoms with Crippen LogP contribution >= 0.6 is 0 Å². The molecule has 0 aliphatic heterocycles. The fourth-order valence-corrected chi connectivity index (χ4v) is 1.38. The number of hydrogen-bond acceptors (Lipinski definition) is 4. The minimum absolute atomic E-state index is 0.715. The zero-order chi connectivity index (χ0) is 14.9. The number of likely N-dealkylation sites (N-methyl/N-ethyl adjacent to an activating group) is 1. The molecule has 19 heavy (non-hydrogen) atoms. The molecule has 6 heteroatoms. The summed E-state index contributed by atoms with van der Waals surface area (Å²) in [5, 5.41) is 3.15. The molecular formula is C13H24N2O3S. The van der Waals surface area contributed by atoms with Crippen LogP contribution in [0.4, 0.5) is 0 Å². The Balaban J connectivity index is 0.000000555. The second kappa shape index (κ2) is 9.03. The summed E-state index contributed by atoms with van der Waals surface area (Å²) in [5.74, 6) is 0. The van der Waals surface area contributed by atoms with E-state index in [4.69, 9.17) is 4.55 Å². The molecule has 2 N–H and O–H groups in total. The Hall–Kier alpha value is -0.950. The average molecular weight is 288 g/mol. The molecule has 0 atom stereocenters. The van der Waals surface area contributed by atoms with Gasteiger partial charge in [0.2, 0.25) is 0 Å². The molecule has 0 unspecified atom stereocenters. The molecule has 0 aromatic heterocycles. The highest BCUT2D eigenvalue weighted by Crippen LogP contribution is 2.05. The van der Waals surface area contributed by atoms with Gasteiger partial charge < -0.3 is 10.2 Å². The van der Waals surface area contributed by atoms with Crippen LogP contribution in [0.2, 0.25) is 0 Å². The molecule has 0 bridgehead atoms. The van der Waals surface area contributed by atoms with Crippen molar-refractivity contribution < 1.29 is 13.0 Å². The number of rotatable bonds is 5. The molecular weight excluding hydrogens is 264 g/mol. The topological polar surface area (TPSA) is 69.6 Å². The van der Waals surface area contributed by atoms with Gasteiger partial charge in [-0.25, -0.2) is 0 Å². The molecule has 0 amide bonds. The summed E-state index contributed by atoms with van der Waals surface area (Å²) in [5.41, 5.74) is 2.76. The highest BCUT2D eigenvalue weighted by molar-refractivity contribution is 7.85. The van der Waals surface area contributed by atoms with Crippen molar-refractivity contribution in [2.75, 3.05) is 33.9 Å². The van der Waals surface area contributed by atoms with Gasteiger partial charge in [0.1, 0.15) is 0 Å². The van der Waals surface area contributed by atoms with Gasteiger partial charge >= 0.3 is 0 Å². The Kier molecular flexibility index (Phi) is 8.58. The molecule has 0 saturated heterocycles. The second-order valence-electron chi connectivity index (χ2n) is 4.63. The summed E-state index contributed by atoms with van der Waals surface area (Å²) in [6, 6.07) is 8.83. The van der Waals surface area contributed by atoms with E-state index < -0.39 is 10.1 Å². The van der Waals surface area contributed by atoms with Gasteiger partial charge in [0.05, 0.1) is 6.26 Å². The van der Waals surface area contributed by atoms with Crippen LogP contribution < -0.4 is 5.32 Å². The smallest absolute Gasteiger partial charge is 0.261 e. The van der Waals surface area contributed by atoms with Crippen LogP contribution in [0.25, 0.3) is 0 Å². The van der Waals surface area contributed by atoms with Crippen LogP contribution in [-0.2, 0) is 23.1 Å². The predicted molar refractivity (Wildman–Crippen MR) is 78.9 cm³/mol. The first-order valence-corrected chi connectivity index (χ1v) is 7.87. The molecule has 0 aliphatic rings. The predicted octanol–water partition coefficient (Wildman–Crippen LogP) is 1.01. The maximum absolute atomic E-state index is 9.19. The minimum Gasteiger partial charge on any atom is -0.316 e. The summed E-state index contributed by atoms with van der Waals surface area (Å²) in [4.78, 5) is 2.21. The van der Waals surface area contributed by atoms with E-state index in [-0.39, 0.29) is 0 Å². The van der Waals surface area contributed by atoms with Crippen LogP contribution in [0.3, 0.4) is 0 Å². The summed E-state index contributed by atoms with van der Waals surface area (Å²) in [6.45, 7) is 2.07. The monoisotopic (exact) mass is 288 g/mol. The largest absolute Gasteiger partial charge is 0.316 e. The van der Waals surface area contributed by atoms with Crippen molar-refractivity contribution >= 4 is 10.1 Å². The SMILES string of the molecule is CNCc1ccc(CCN(C)C)cc1.CS(=O)(=O)O. The number of hydrogen-bond donors (Lipinski definition) is 2. The molecule has 0 fully saturated rings. The molecule has 110 valence electrons. The van der Waals surface area contributed by atoms with Crippen molar-refractivity contribution in [1.29, 1.82) is 0 Å². The van der Waals surface area contributed by atoms with E-state index in [1.165, 1.54) is 11.1 Å². The highest BCUT2D eigenvalue weighted by atomic mass is 32.2. The Bertz CT molecular complexity index is 433. The minimum atomic E-state index is -3.67. The van der Waals surface area contributed by atoms with Crippen LogP contribution in [0.5, 0.6) is 0 Å². The van der Waals surface area contributed by atoms with Crippen LogP contribution in [0.15, 0.2) is 24.3 Å². The van der Waals surface area contributed by atoms with Gasteiger partial charge in [-0.3, -0.25) is 4.55 Å². The third-order valence-corrected chi connectivity index (χ3v) is 2.25. The van der Waals surface area contributed by atoms with Crippen molar-refractivity contribution in [3.63, 3.8) is 0 Å². The molecule has 0 aliphatic carbocycles. The van der Waals surface area contributed by atoms with Gasteiger partial charge in [0, 0.05) is 13.1 Å². The number of nitrogens with zero attached hydrogens (tertiary/aromatic N) is 1. The lowest BCUT2D eigenvalue weighted by Gasteiger charge is -2.09. The van der Waals surface area contributed by atoms with E-state index in [9.17, 15) is 8.42 Å². The average Bonchev–Trinajstić information content (AvgIpc) is 2.26. The quantitative estimate of drug-likeness (QED) is 0.792. The lowest BCUT2D eigenvalue weighted by molar-refractivity contribution is 0.413. The molecule has 1 aromatic rings. The van der Waals surface area contributed by atoms with Crippen molar-refractivity contribution in [3.8, 4) is 0 Å². The Morgan fingerprint density at radius 2 is 1.58 bits per heavy atom. The first-order valence-electron chi connectivity index (χ1n) is 6.02. The molecule has 0 radical (unpaired) electrons. The maximum Gasteiger partial charge on any atom is 0.261 e. The van der Waals surface area contributed by atoms with E-state index in [0.717, 1.165) is 19.5 Å². The van der Waals surface area contributed by atoms with E-state index in [1.54, 1.807) is 0 Å². The maximum atomic E-state index is 9.19. The van der Waals surface area contributed by atoms with Crippen molar-refractivity contribution in [3.05, 3.63) is 35.4 Å². The van der Waals surface area contributed by atoms with Crippen LogP contribution in [-0.4, -0.2) is 51.8 Å². The van der Waals surface area contributed by atoms with Crippen molar-refractivity contribution in [2.45, 2.75) is 13.0 Å². The summed E-state index contributed by atoms with van der Waals surface area (Å²) < 4.78 is 25.9. The standard InChI is InChI=1S/C12H20N2.CH4O3S/c1-13-10-12-6-4-11(5-7-12)8-9-14(2)3;1-5(2,3)4/h4-7,13H,8-10H2,1-3H3;1H3,(H,2,3,4). The van der Waals surface area contributed by atoms with E-state index in [1.807, 2.05) is 7.05 Å². The lowest BCUT2D eigenvalue weighted by atomic mass is 10.1. The van der Waals surface area contributed by atoms with Crippen molar-refractivity contribution in [2.24, 2.45) is 0 Å². The third kappa shape index (κ3) is 13.3. The summed E-state index contributed by atoms with van der Waals surface area (Å²) >= 11 is 0. The van der Waals surface area contributed by atoms with Gasteiger partial charge in [-0.15, -0.1) is 0 Å². The van der Waals surface area contributed by atoms with E-state index in [0.29, 0.717) is 6.26 Å². The van der Waals surface area contributed by atoms with Crippen LogP contribution in [0, 0.1) is 0 Å². The lowest BCUT2D eigenvalue weighted by Crippen LogP contribution is -2.15. The molecule has 5 nitrogen and oxygen atoms in total. The van der Waals surface area contributed by atoms with Crippen LogP contribution in [0.1, 0.15) is 11.1 Å². The van der Waals surface area contributed by atoms with Gasteiger partial charge in [-0.1, -0.05) is 24.3 Å². The summed E-state index contributed by atoms with van der Waals surface area (Å²) in [7, 11) is 2.52. The van der Waals surface area contributed by atoms with Gasteiger partial charge in [-0.2, -0.15) is 8.42 Å². The zero-order valence-electron chi connectivity index (χ0n) is 12.0. The molecule has 1 rings (SSSR count). The fourth-order valence-electron chi connectivity index (χ4n) is 1.38. The van der Waals surface area contributed by atoms with Gasteiger partial charge in [0.15, 0.2) is 0 Å². The second-order valence-corrected chi connectivity index (χ2v) is 6.10. The molecule has 1 aromatic carbocycles. The normalized spacial score (nSPS) is 11.1. The number of nitrogens with one attached hydrogen (secondary N) is 1. The Morgan fingerprint density at radius 1 is 1.16 bits per heavy atom. The highest BCUT2D eigenvalue weighted by Gasteiger charge is 1.95. The Morgan fingerprint density at radius 3 is 1.95 bits per heavy atom. The molecule has 0 saturated carbocycles. The molecule has 0 heterocycles. The van der Waals surface area contributed by atoms with E-state index in [2.05, 4.69) is 48.6 Å². The van der Waals surface area contributed by atoms with Crippen molar-refractivity contribution in [1.82, 2.24) is 10.2 Å². The first-order chi connectivity index (χ1) is 8.72. The van der Waals surface area contributed by atoms with Gasteiger partial charge in [0.25, 0.3) is 10.1 Å². The third-order valence-electron chi connectivity index (χ3n) is 2.25. The Labute approximate surface area is 116 Å². The summed E-state index contributed by atoms with van der Waals surface area (Å²) in [6.07, 6.45) is 1.85.